The number of ether oxygens (including phenoxy) is 1. The smallest absolute Gasteiger partial charge is 0.124 e. The van der Waals surface area contributed by atoms with E-state index in [0.717, 1.165) is 52.0 Å². The van der Waals surface area contributed by atoms with Crippen molar-refractivity contribution < 1.29 is 9.53 Å². The molecule has 0 saturated carbocycles. The highest BCUT2D eigenvalue weighted by Crippen LogP contribution is 2.13. The first kappa shape index (κ1) is 10.7. The minimum absolute atomic E-state index is 0.260. The fourth-order valence-electron chi connectivity index (χ4n) is 1.74. The summed E-state index contributed by atoms with van der Waals surface area (Å²) in [6, 6.07) is 0. The standard InChI is InChI=1S/C10H19NO2/c1-2-13-7-6-11-5-3-4-10(8-11)9-12/h9-10H,2-8H2,1H3. The molecule has 0 spiro atoms. The molecule has 0 bridgehead atoms. The fraction of sp³-hybridized carbons (Fsp3) is 0.900. The highest BCUT2D eigenvalue weighted by Gasteiger charge is 2.18. The molecule has 0 radical (unpaired) electrons. The van der Waals surface area contributed by atoms with E-state index in [4.69, 9.17) is 4.74 Å². The van der Waals surface area contributed by atoms with Crippen LogP contribution in [0.5, 0.6) is 0 Å². The topological polar surface area (TPSA) is 29.5 Å². The molecule has 1 saturated heterocycles. The third-order valence-electron chi connectivity index (χ3n) is 2.49. The normalized spacial score (nSPS) is 24.5. The number of hydrogen-bond acceptors (Lipinski definition) is 3. The molecule has 1 aliphatic heterocycles. The van der Waals surface area contributed by atoms with Crippen LogP contribution in [-0.4, -0.2) is 44.0 Å². The van der Waals surface area contributed by atoms with Gasteiger partial charge in [0, 0.05) is 25.6 Å². The molecule has 0 aromatic carbocycles. The molecular weight excluding hydrogens is 166 g/mol. The van der Waals surface area contributed by atoms with Crippen molar-refractivity contribution in [3.05, 3.63) is 0 Å². The lowest BCUT2D eigenvalue weighted by molar-refractivity contribution is -0.112. The third kappa shape index (κ3) is 3.87. The Kier molecular flexibility index (Phi) is 5.01. The van der Waals surface area contributed by atoms with E-state index in [1.165, 1.54) is 0 Å². The van der Waals surface area contributed by atoms with Crippen molar-refractivity contribution in [1.29, 1.82) is 0 Å². The van der Waals surface area contributed by atoms with Gasteiger partial charge in [0.05, 0.1) is 6.61 Å². The van der Waals surface area contributed by atoms with Crippen molar-refractivity contribution in [2.24, 2.45) is 5.92 Å². The van der Waals surface area contributed by atoms with E-state index in [1.807, 2.05) is 6.92 Å². The van der Waals surface area contributed by atoms with Crippen LogP contribution in [-0.2, 0) is 9.53 Å². The second-order valence-electron chi connectivity index (χ2n) is 3.54. The Labute approximate surface area is 80.1 Å². The van der Waals surface area contributed by atoms with Gasteiger partial charge in [-0.2, -0.15) is 0 Å². The molecule has 3 nitrogen and oxygen atoms in total. The van der Waals surface area contributed by atoms with Gasteiger partial charge in [-0.05, 0) is 26.3 Å². The van der Waals surface area contributed by atoms with Crippen LogP contribution in [0.15, 0.2) is 0 Å². The van der Waals surface area contributed by atoms with E-state index < -0.39 is 0 Å². The molecule has 1 heterocycles. The van der Waals surface area contributed by atoms with Crippen LogP contribution >= 0.6 is 0 Å². The molecule has 1 fully saturated rings. The summed E-state index contributed by atoms with van der Waals surface area (Å²) < 4.78 is 5.28. The second-order valence-corrected chi connectivity index (χ2v) is 3.54. The molecule has 13 heavy (non-hydrogen) atoms. The van der Waals surface area contributed by atoms with Crippen molar-refractivity contribution in [1.82, 2.24) is 4.90 Å². The predicted octanol–water partition coefficient (Wildman–Crippen LogP) is 0.934. The van der Waals surface area contributed by atoms with Crippen LogP contribution in [0, 0.1) is 5.92 Å². The van der Waals surface area contributed by atoms with Gasteiger partial charge in [-0.15, -0.1) is 0 Å². The van der Waals surface area contributed by atoms with Crippen LogP contribution < -0.4 is 0 Å². The Morgan fingerprint density at radius 2 is 2.46 bits per heavy atom. The van der Waals surface area contributed by atoms with E-state index in [9.17, 15) is 4.79 Å². The van der Waals surface area contributed by atoms with Gasteiger partial charge in [-0.1, -0.05) is 0 Å². The number of hydrogen-bond donors (Lipinski definition) is 0. The van der Waals surface area contributed by atoms with Gasteiger partial charge in [0.2, 0.25) is 0 Å². The number of rotatable bonds is 5. The summed E-state index contributed by atoms with van der Waals surface area (Å²) in [6.45, 7) is 6.60. The monoisotopic (exact) mass is 185 g/mol. The molecule has 0 aliphatic carbocycles. The lowest BCUT2D eigenvalue weighted by atomic mass is 10.00. The highest BCUT2D eigenvalue weighted by molar-refractivity contribution is 5.53. The van der Waals surface area contributed by atoms with E-state index in [1.54, 1.807) is 0 Å². The van der Waals surface area contributed by atoms with Crippen molar-refractivity contribution in [3.63, 3.8) is 0 Å². The van der Waals surface area contributed by atoms with E-state index in [2.05, 4.69) is 4.90 Å². The van der Waals surface area contributed by atoms with Gasteiger partial charge in [0.25, 0.3) is 0 Å². The van der Waals surface area contributed by atoms with Gasteiger partial charge in [-0.3, -0.25) is 0 Å². The van der Waals surface area contributed by atoms with Crippen molar-refractivity contribution in [2.45, 2.75) is 19.8 Å². The maximum atomic E-state index is 10.6. The van der Waals surface area contributed by atoms with E-state index in [0.29, 0.717) is 0 Å². The molecule has 0 N–H and O–H groups in total. The molecule has 1 atom stereocenters. The number of likely N-dealkylation sites (tertiary alicyclic amines) is 1. The molecular formula is C10H19NO2. The molecule has 1 rings (SSSR count). The first-order chi connectivity index (χ1) is 6.36. The molecule has 1 unspecified atom stereocenters. The molecule has 0 aromatic heterocycles. The van der Waals surface area contributed by atoms with Crippen LogP contribution in [0.1, 0.15) is 19.8 Å². The van der Waals surface area contributed by atoms with Gasteiger partial charge in [0.1, 0.15) is 6.29 Å². The Hall–Kier alpha value is -0.410. The average molecular weight is 185 g/mol. The third-order valence-corrected chi connectivity index (χ3v) is 2.49. The number of carbonyl (C=O) groups excluding carboxylic acids is 1. The Bertz CT molecular complexity index is 150. The van der Waals surface area contributed by atoms with E-state index >= 15 is 0 Å². The minimum Gasteiger partial charge on any atom is -0.380 e. The first-order valence-corrected chi connectivity index (χ1v) is 5.12. The van der Waals surface area contributed by atoms with Crippen LogP contribution in [0.25, 0.3) is 0 Å². The zero-order valence-electron chi connectivity index (χ0n) is 8.37. The van der Waals surface area contributed by atoms with Crippen LogP contribution in [0.4, 0.5) is 0 Å². The maximum absolute atomic E-state index is 10.6. The van der Waals surface area contributed by atoms with Crippen molar-refractivity contribution in [3.8, 4) is 0 Å². The lowest BCUT2D eigenvalue weighted by Gasteiger charge is -2.29. The first-order valence-electron chi connectivity index (χ1n) is 5.12. The second kappa shape index (κ2) is 6.11. The molecule has 1 aliphatic rings. The quantitative estimate of drug-likeness (QED) is 0.471. The summed E-state index contributed by atoms with van der Waals surface area (Å²) in [5.41, 5.74) is 0. The Morgan fingerprint density at radius 1 is 1.62 bits per heavy atom. The van der Waals surface area contributed by atoms with Crippen molar-refractivity contribution in [2.75, 3.05) is 32.8 Å². The van der Waals surface area contributed by atoms with Crippen LogP contribution in [0.3, 0.4) is 0 Å². The molecule has 3 heteroatoms. The largest absolute Gasteiger partial charge is 0.380 e. The molecule has 0 aromatic rings. The average Bonchev–Trinajstić information content (AvgIpc) is 2.19. The summed E-state index contributed by atoms with van der Waals surface area (Å²) in [4.78, 5) is 12.9. The van der Waals surface area contributed by atoms with E-state index in [-0.39, 0.29) is 5.92 Å². The van der Waals surface area contributed by atoms with Gasteiger partial charge in [0.15, 0.2) is 0 Å². The number of aldehydes is 1. The minimum atomic E-state index is 0.260. The molecule has 0 amide bonds. The van der Waals surface area contributed by atoms with Gasteiger partial charge >= 0.3 is 0 Å². The van der Waals surface area contributed by atoms with Gasteiger partial charge < -0.3 is 14.4 Å². The maximum Gasteiger partial charge on any atom is 0.124 e. The summed E-state index contributed by atoms with van der Waals surface area (Å²) in [5, 5.41) is 0. The SMILES string of the molecule is CCOCCN1CCCC(C=O)C1. The number of carbonyl (C=O) groups is 1. The summed E-state index contributed by atoms with van der Waals surface area (Å²) in [7, 11) is 0. The zero-order chi connectivity index (χ0) is 9.52. The highest BCUT2D eigenvalue weighted by atomic mass is 16.5. The molecule has 76 valence electrons. The van der Waals surface area contributed by atoms with Crippen molar-refractivity contribution >= 4 is 6.29 Å². The summed E-state index contributed by atoms with van der Waals surface area (Å²) in [6.07, 6.45) is 3.30. The lowest BCUT2D eigenvalue weighted by Crippen LogP contribution is -2.38. The summed E-state index contributed by atoms with van der Waals surface area (Å²) >= 11 is 0. The number of piperidine rings is 1. The fourth-order valence-corrected chi connectivity index (χ4v) is 1.74. The number of nitrogens with zero attached hydrogens (tertiary/aromatic N) is 1. The predicted molar refractivity (Wildman–Crippen MR) is 51.7 cm³/mol. The Morgan fingerprint density at radius 3 is 3.15 bits per heavy atom. The summed E-state index contributed by atoms with van der Waals surface area (Å²) in [5.74, 6) is 0.260. The zero-order valence-corrected chi connectivity index (χ0v) is 8.37. The van der Waals surface area contributed by atoms with Crippen LogP contribution in [0.2, 0.25) is 0 Å². The Balaban J connectivity index is 2.14. The van der Waals surface area contributed by atoms with Gasteiger partial charge in [-0.25, -0.2) is 0 Å².